The van der Waals surface area contributed by atoms with E-state index in [1.54, 1.807) is 0 Å². The van der Waals surface area contributed by atoms with E-state index in [1.165, 1.54) is 12.1 Å². The lowest BCUT2D eigenvalue weighted by Gasteiger charge is -2.31. The Labute approximate surface area is 120 Å². The van der Waals surface area contributed by atoms with Crippen LogP contribution >= 0.6 is 27.5 Å². The molecule has 3 unspecified atom stereocenters. The predicted octanol–water partition coefficient (Wildman–Crippen LogP) is 5.31. The molecule has 1 fully saturated rings. The highest BCUT2D eigenvalue weighted by Gasteiger charge is 2.29. The molecule has 1 aromatic carbocycles. The van der Waals surface area contributed by atoms with Crippen molar-refractivity contribution in [3.05, 3.63) is 33.8 Å². The maximum absolute atomic E-state index is 13.9. The molecule has 1 saturated carbocycles. The molecule has 0 saturated heterocycles. The van der Waals surface area contributed by atoms with Crippen LogP contribution in [0.15, 0.2) is 16.6 Å². The van der Waals surface area contributed by atoms with Gasteiger partial charge < -0.3 is 0 Å². The van der Waals surface area contributed by atoms with Crippen molar-refractivity contribution in [1.82, 2.24) is 0 Å². The maximum Gasteiger partial charge on any atom is 0.143 e. The van der Waals surface area contributed by atoms with Gasteiger partial charge in [-0.1, -0.05) is 6.92 Å². The standard InChI is InChI=1S/C14H16BrClF2/c1-8-2-4-12(16)9(6-8)7-10-13(17)5-3-11(15)14(10)18/h3,5,8-9,12H,2,4,6-7H2,1H3. The van der Waals surface area contributed by atoms with Gasteiger partial charge in [0.05, 0.1) is 4.47 Å². The van der Waals surface area contributed by atoms with Crippen LogP contribution in [-0.4, -0.2) is 5.38 Å². The Bertz CT molecular complexity index is 436. The molecule has 100 valence electrons. The van der Waals surface area contributed by atoms with Gasteiger partial charge in [-0.25, -0.2) is 8.78 Å². The van der Waals surface area contributed by atoms with Crippen LogP contribution in [0.3, 0.4) is 0 Å². The van der Waals surface area contributed by atoms with Crippen LogP contribution < -0.4 is 0 Å². The first kappa shape index (κ1) is 14.3. The van der Waals surface area contributed by atoms with Crippen molar-refractivity contribution in [2.24, 2.45) is 11.8 Å². The van der Waals surface area contributed by atoms with Crippen LogP contribution in [0.1, 0.15) is 31.7 Å². The summed E-state index contributed by atoms with van der Waals surface area (Å²) in [5.74, 6) is -0.216. The van der Waals surface area contributed by atoms with E-state index in [0.29, 0.717) is 16.8 Å². The summed E-state index contributed by atoms with van der Waals surface area (Å²) in [6.07, 6.45) is 3.37. The van der Waals surface area contributed by atoms with Crippen molar-refractivity contribution in [3.63, 3.8) is 0 Å². The monoisotopic (exact) mass is 336 g/mol. The average molecular weight is 338 g/mol. The van der Waals surface area contributed by atoms with Crippen molar-refractivity contribution in [2.45, 2.75) is 38.0 Å². The molecule has 4 heteroatoms. The van der Waals surface area contributed by atoms with Crippen LogP contribution in [0.4, 0.5) is 8.78 Å². The molecule has 0 radical (unpaired) electrons. The van der Waals surface area contributed by atoms with Gasteiger partial charge in [0.2, 0.25) is 0 Å². The minimum Gasteiger partial charge on any atom is -0.207 e. The van der Waals surface area contributed by atoms with E-state index in [0.717, 1.165) is 19.3 Å². The first-order chi connectivity index (χ1) is 8.49. The molecular formula is C14H16BrClF2. The fraction of sp³-hybridized carbons (Fsp3) is 0.571. The topological polar surface area (TPSA) is 0 Å². The van der Waals surface area contributed by atoms with Crippen LogP contribution in [0.2, 0.25) is 0 Å². The van der Waals surface area contributed by atoms with Gasteiger partial charge in [0.25, 0.3) is 0 Å². The van der Waals surface area contributed by atoms with Gasteiger partial charge in [-0.2, -0.15) is 0 Å². The van der Waals surface area contributed by atoms with Gasteiger partial charge in [0.15, 0.2) is 0 Å². The third-order valence-corrected chi connectivity index (χ3v) is 4.94. The molecule has 1 aromatic rings. The minimum absolute atomic E-state index is 0.0268. The molecule has 0 heterocycles. The van der Waals surface area contributed by atoms with Gasteiger partial charge in [-0.15, -0.1) is 11.6 Å². The molecule has 0 nitrogen and oxygen atoms in total. The van der Waals surface area contributed by atoms with Crippen LogP contribution in [0.25, 0.3) is 0 Å². The molecule has 3 atom stereocenters. The van der Waals surface area contributed by atoms with Gasteiger partial charge in [0, 0.05) is 10.9 Å². The predicted molar refractivity (Wildman–Crippen MR) is 73.9 cm³/mol. The highest BCUT2D eigenvalue weighted by atomic mass is 79.9. The second-order valence-corrected chi connectivity index (χ2v) is 6.64. The van der Waals surface area contributed by atoms with Crippen molar-refractivity contribution in [1.29, 1.82) is 0 Å². The molecule has 1 aliphatic carbocycles. The number of rotatable bonds is 2. The zero-order valence-corrected chi connectivity index (χ0v) is 12.6. The molecular weight excluding hydrogens is 322 g/mol. The van der Waals surface area contributed by atoms with Gasteiger partial charge >= 0.3 is 0 Å². The van der Waals surface area contributed by atoms with Gasteiger partial charge in [-0.05, 0) is 65.6 Å². The van der Waals surface area contributed by atoms with E-state index < -0.39 is 11.6 Å². The number of alkyl halides is 1. The average Bonchev–Trinajstić information content (AvgIpc) is 2.34. The smallest absolute Gasteiger partial charge is 0.143 e. The van der Waals surface area contributed by atoms with Crippen LogP contribution in [-0.2, 0) is 6.42 Å². The Balaban J connectivity index is 2.20. The molecule has 0 aliphatic heterocycles. The van der Waals surface area contributed by atoms with Crippen LogP contribution in [0, 0.1) is 23.5 Å². The molecule has 0 amide bonds. The summed E-state index contributed by atoms with van der Waals surface area (Å²) >= 11 is 9.38. The van der Waals surface area contributed by atoms with E-state index >= 15 is 0 Å². The summed E-state index contributed by atoms with van der Waals surface area (Å²) in [7, 11) is 0. The minimum atomic E-state index is -0.489. The summed E-state index contributed by atoms with van der Waals surface area (Å²) in [5.41, 5.74) is 0.161. The summed E-state index contributed by atoms with van der Waals surface area (Å²) < 4.78 is 27.9. The Morgan fingerprint density at radius 1 is 1.33 bits per heavy atom. The van der Waals surface area contributed by atoms with E-state index in [2.05, 4.69) is 22.9 Å². The van der Waals surface area contributed by atoms with E-state index in [1.807, 2.05) is 0 Å². The zero-order valence-electron chi connectivity index (χ0n) is 10.2. The lowest BCUT2D eigenvalue weighted by Crippen LogP contribution is -2.26. The van der Waals surface area contributed by atoms with Crippen LogP contribution in [0.5, 0.6) is 0 Å². The lowest BCUT2D eigenvalue weighted by molar-refractivity contribution is 0.283. The van der Waals surface area contributed by atoms with Crippen molar-refractivity contribution < 1.29 is 8.78 Å². The van der Waals surface area contributed by atoms with E-state index in [-0.39, 0.29) is 16.9 Å². The molecule has 1 aliphatic rings. The molecule has 0 bridgehead atoms. The fourth-order valence-corrected chi connectivity index (χ4v) is 3.38. The molecule has 0 N–H and O–H groups in total. The third-order valence-electron chi connectivity index (χ3n) is 3.76. The highest BCUT2D eigenvalue weighted by Crippen LogP contribution is 2.36. The Morgan fingerprint density at radius 2 is 2.06 bits per heavy atom. The second kappa shape index (κ2) is 5.87. The molecule has 2 rings (SSSR count). The maximum atomic E-state index is 13.9. The second-order valence-electron chi connectivity index (χ2n) is 5.22. The first-order valence-electron chi connectivity index (χ1n) is 6.25. The summed E-state index contributed by atoms with van der Waals surface area (Å²) in [6.45, 7) is 2.17. The molecule has 0 aromatic heterocycles. The number of halogens is 4. The fourth-order valence-electron chi connectivity index (χ4n) is 2.69. The summed E-state index contributed by atoms with van der Waals surface area (Å²) in [5, 5.41) is 0.0268. The third kappa shape index (κ3) is 3.05. The van der Waals surface area contributed by atoms with Crippen molar-refractivity contribution in [3.8, 4) is 0 Å². The van der Waals surface area contributed by atoms with Crippen molar-refractivity contribution in [2.75, 3.05) is 0 Å². The Hall–Kier alpha value is -0.150. The Morgan fingerprint density at radius 3 is 2.78 bits per heavy atom. The Kier molecular flexibility index (Phi) is 4.65. The SMILES string of the molecule is CC1CCC(Cl)C(Cc2c(F)ccc(Br)c2F)C1. The first-order valence-corrected chi connectivity index (χ1v) is 7.48. The van der Waals surface area contributed by atoms with Gasteiger partial charge in [-0.3, -0.25) is 0 Å². The number of hydrogen-bond donors (Lipinski definition) is 0. The molecule has 18 heavy (non-hydrogen) atoms. The number of hydrogen-bond acceptors (Lipinski definition) is 0. The lowest BCUT2D eigenvalue weighted by atomic mass is 9.79. The largest absolute Gasteiger partial charge is 0.207 e. The van der Waals surface area contributed by atoms with Crippen molar-refractivity contribution >= 4 is 27.5 Å². The highest BCUT2D eigenvalue weighted by molar-refractivity contribution is 9.10. The normalized spacial score (nSPS) is 28.4. The van der Waals surface area contributed by atoms with Gasteiger partial charge in [0.1, 0.15) is 11.6 Å². The zero-order chi connectivity index (χ0) is 13.3. The summed E-state index contributed by atoms with van der Waals surface area (Å²) in [4.78, 5) is 0. The summed E-state index contributed by atoms with van der Waals surface area (Å²) in [6, 6.07) is 2.70. The molecule has 0 spiro atoms. The number of benzene rings is 1. The quantitative estimate of drug-likeness (QED) is 0.506. The van der Waals surface area contributed by atoms with E-state index in [4.69, 9.17) is 11.6 Å². The van der Waals surface area contributed by atoms with E-state index in [9.17, 15) is 8.78 Å².